The van der Waals surface area contributed by atoms with Gasteiger partial charge in [0.15, 0.2) is 11.5 Å². The van der Waals surface area contributed by atoms with E-state index in [0.29, 0.717) is 41.7 Å². The molecule has 0 aliphatic heterocycles. The predicted molar refractivity (Wildman–Crippen MR) is 116 cm³/mol. The highest BCUT2D eigenvalue weighted by Gasteiger charge is 2.19. The van der Waals surface area contributed by atoms with Crippen molar-refractivity contribution >= 4 is 29.1 Å². The molecular weight excluding hydrogens is 400 g/mol. The standard InChI is InChI=1S/C22H26N4O5/c1-25(10-6-5-7-11-27)21-15(22(28)31-4)8-9-20(24-21)26-14-23-16-12-18(29-2)19(30-3)13-17(16)26/h8-9,11-14H,5-7,10H2,1-4H3. The lowest BCUT2D eigenvalue weighted by atomic mass is 10.2. The van der Waals surface area contributed by atoms with Crippen molar-refractivity contribution < 1.29 is 23.8 Å². The van der Waals surface area contributed by atoms with Crippen molar-refractivity contribution in [1.29, 1.82) is 0 Å². The molecule has 0 aliphatic rings. The first kappa shape index (κ1) is 22.1. The first-order valence-electron chi connectivity index (χ1n) is 9.87. The summed E-state index contributed by atoms with van der Waals surface area (Å²) in [5.74, 6) is 1.80. The molecule has 2 aromatic heterocycles. The fraction of sp³-hybridized carbons (Fsp3) is 0.364. The van der Waals surface area contributed by atoms with Crippen LogP contribution in [0.5, 0.6) is 11.5 Å². The normalized spacial score (nSPS) is 10.7. The minimum atomic E-state index is -0.462. The number of rotatable bonds is 10. The van der Waals surface area contributed by atoms with Gasteiger partial charge in [0.1, 0.15) is 29.8 Å². The Balaban J connectivity index is 2.04. The van der Waals surface area contributed by atoms with Gasteiger partial charge in [-0.15, -0.1) is 0 Å². The van der Waals surface area contributed by atoms with Crippen molar-refractivity contribution in [2.24, 2.45) is 0 Å². The smallest absolute Gasteiger partial charge is 0.341 e. The topological polar surface area (TPSA) is 95.8 Å². The SMILES string of the molecule is COC(=O)c1ccc(-n2cnc3cc(OC)c(OC)cc32)nc1N(C)CCCCC=O. The monoisotopic (exact) mass is 426 g/mol. The number of aromatic nitrogens is 3. The Morgan fingerprint density at radius 1 is 1.13 bits per heavy atom. The third-order valence-electron chi connectivity index (χ3n) is 4.99. The van der Waals surface area contributed by atoms with Crippen LogP contribution in [0.25, 0.3) is 16.9 Å². The van der Waals surface area contributed by atoms with E-state index in [2.05, 4.69) is 4.98 Å². The average Bonchev–Trinajstić information content (AvgIpc) is 3.22. The summed E-state index contributed by atoms with van der Waals surface area (Å²) in [7, 11) is 6.35. The number of fused-ring (bicyclic) bond motifs is 1. The second kappa shape index (κ2) is 9.92. The Labute approximate surface area is 180 Å². The molecule has 31 heavy (non-hydrogen) atoms. The molecule has 0 aliphatic carbocycles. The Hall–Kier alpha value is -3.62. The van der Waals surface area contributed by atoms with E-state index in [1.54, 1.807) is 38.7 Å². The number of anilines is 1. The van der Waals surface area contributed by atoms with Gasteiger partial charge in [-0.2, -0.15) is 0 Å². The number of carbonyl (C=O) groups excluding carboxylic acids is 2. The number of aldehydes is 1. The predicted octanol–water partition coefficient (Wildman–Crippen LogP) is 3.03. The van der Waals surface area contributed by atoms with Crippen LogP contribution in [0.1, 0.15) is 29.6 Å². The molecule has 2 heterocycles. The van der Waals surface area contributed by atoms with Crippen molar-refractivity contribution in [2.75, 3.05) is 39.8 Å². The lowest BCUT2D eigenvalue weighted by Crippen LogP contribution is -2.23. The van der Waals surface area contributed by atoms with Gasteiger partial charge in [-0.1, -0.05) is 0 Å². The molecule has 0 atom stereocenters. The van der Waals surface area contributed by atoms with E-state index in [4.69, 9.17) is 19.2 Å². The van der Waals surface area contributed by atoms with Crippen LogP contribution in [0.2, 0.25) is 0 Å². The molecule has 3 rings (SSSR count). The lowest BCUT2D eigenvalue weighted by Gasteiger charge is -2.21. The molecule has 0 N–H and O–H groups in total. The molecule has 9 heteroatoms. The third kappa shape index (κ3) is 4.60. The number of carbonyl (C=O) groups is 2. The summed E-state index contributed by atoms with van der Waals surface area (Å²) >= 11 is 0. The number of benzene rings is 1. The van der Waals surface area contributed by atoms with Gasteiger partial charge in [-0.3, -0.25) is 4.57 Å². The quantitative estimate of drug-likeness (QED) is 0.277. The van der Waals surface area contributed by atoms with Gasteiger partial charge >= 0.3 is 5.97 Å². The Morgan fingerprint density at radius 2 is 1.87 bits per heavy atom. The molecule has 0 radical (unpaired) electrons. The van der Waals surface area contributed by atoms with Crippen LogP contribution in [-0.4, -0.2) is 61.7 Å². The zero-order valence-corrected chi connectivity index (χ0v) is 18.1. The van der Waals surface area contributed by atoms with Crippen LogP contribution in [0, 0.1) is 0 Å². The van der Waals surface area contributed by atoms with Crippen LogP contribution in [0.15, 0.2) is 30.6 Å². The second-order valence-electron chi connectivity index (χ2n) is 6.93. The van der Waals surface area contributed by atoms with Gasteiger partial charge in [0.2, 0.25) is 0 Å². The fourth-order valence-electron chi connectivity index (χ4n) is 3.33. The van der Waals surface area contributed by atoms with Crippen LogP contribution < -0.4 is 14.4 Å². The van der Waals surface area contributed by atoms with E-state index < -0.39 is 5.97 Å². The van der Waals surface area contributed by atoms with Crippen molar-refractivity contribution in [2.45, 2.75) is 19.3 Å². The third-order valence-corrected chi connectivity index (χ3v) is 4.99. The van der Waals surface area contributed by atoms with E-state index in [9.17, 15) is 9.59 Å². The molecule has 0 fully saturated rings. The number of ether oxygens (including phenoxy) is 3. The van der Waals surface area contributed by atoms with Crippen molar-refractivity contribution in [3.63, 3.8) is 0 Å². The number of pyridine rings is 1. The summed E-state index contributed by atoms with van der Waals surface area (Å²) in [6.07, 6.45) is 4.66. The second-order valence-corrected chi connectivity index (χ2v) is 6.93. The average molecular weight is 426 g/mol. The first-order chi connectivity index (χ1) is 15.0. The molecule has 9 nitrogen and oxygen atoms in total. The van der Waals surface area contributed by atoms with E-state index >= 15 is 0 Å². The maximum absolute atomic E-state index is 12.3. The maximum atomic E-state index is 12.3. The summed E-state index contributed by atoms with van der Waals surface area (Å²) in [5.41, 5.74) is 1.88. The zero-order chi connectivity index (χ0) is 22.4. The molecular formula is C22H26N4O5. The van der Waals surface area contributed by atoms with Gasteiger partial charge in [-0.05, 0) is 25.0 Å². The van der Waals surface area contributed by atoms with Crippen molar-refractivity contribution in [3.05, 3.63) is 36.2 Å². The lowest BCUT2D eigenvalue weighted by molar-refractivity contribution is -0.107. The molecule has 0 amide bonds. The van der Waals surface area contributed by atoms with Gasteiger partial charge in [0, 0.05) is 32.1 Å². The van der Waals surface area contributed by atoms with E-state index in [1.165, 1.54) is 7.11 Å². The maximum Gasteiger partial charge on any atom is 0.341 e. The number of methoxy groups -OCH3 is 3. The molecule has 3 aromatic rings. The van der Waals surface area contributed by atoms with Gasteiger partial charge in [-0.25, -0.2) is 14.8 Å². The highest BCUT2D eigenvalue weighted by atomic mass is 16.5. The van der Waals surface area contributed by atoms with Crippen molar-refractivity contribution in [1.82, 2.24) is 14.5 Å². The van der Waals surface area contributed by atoms with Crippen LogP contribution in [0.4, 0.5) is 5.82 Å². The number of nitrogens with zero attached hydrogens (tertiary/aromatic N) is 4. The summed E-state index contributed by atoms with van der Waals surface area (Å²) in [6, 6.07) is 7.07. The van der Waals surface area contributed by atoms with Crippen LogP contribution in [0.3, 0.4) is 0 Å². The van der Waals surface area contributed by atoms with Gasteiger partial charge < -0.3 is 23.9 Å². The Kier molecular flexibility index (Phi) is 7.07. The Morgan fingerprint density at radius 3 is 2.55 bits per heavy atom. The zero-order valence-electron chi connectivity index (χ0n) is 18.1. The van der Waals surface area contributed by atoms with Crippen LogP contribution >= 0.6 is 0 Å². The molecule has 0 unspecified atom stereocenters. The summed E-state index contributed by atoms with van der Waals surface area (Å²) in [6.45, 7) is 0.643. The number of imidazole rings is 1. The first-order valence-corrected chi connectivity index (χ1v) is 9.87. The van der Waals surface area contributed by atoms with Gasteiger partial charge in [0.05, 0.1) is 32.4 Å². The van der Waals surface area contributed by atoms with E-state index in [-0.39, 0.29) is 0 Å². The number of esters is 1. The minimum Gasteiger partial charge on any atom is -0.493 e. The summed E-state index contributed by atoms with van der Waals surface area (Å²) in [5, 5.41) is 0. The largest absolute Gasteiger partial charge is 0.493 e. The number of hydrogen-bond donors (Lipinski definition) is 0. The minimum absolute atomic E-state index is 0.368. The van der Waals surface area contributed by atoms with E-state index in [0.717, 1.165) is 30.2 Å². The molecule has 0 saturated heterocycles. The molecule has 0 spiro atoms. The molecule has 0 saturated carbocycles. The fourth-order valence-corrected chi connectivity index (χ4v) is 3.33. The molecule has 164 valence electrons. The molecule has 1 aromatic carbocycles. The summed E-state index contributed by atoms with van der Waals surface area (Å²) in [4.78, 5) is 33.9. The Bertz CT molecular complexity index is 1080. The number of hydrogen-bond acceptors (Lipinski definition) is 8. The summed E-state index contributed by atoms with van der Waals surface area (Å²) < 4.78 is 17.5. The van der Waals surface area contributed by atoms with Crippen molar-refractivity contribution in [3.8, 4) is 17.3 Å². The highest BCUT2D eigenvalue weighted by molar-refractivity contribution is 5.95. The van der Waals surface area contributed by atoms with E-state index in [1.807, 2.05) is 22.6 Å². The van der Waals surface area contributed by atoms with Gasteiger partial charge in [0.25, 0.3) is 0 Å². The number of unbranched alkanes of at least 4 members (excludes halogenated alkanes) is 2. The molecule has 0 bridgehead atoms. The van der Waals surface area contributed by atoms with Crippen LogP contribution in [-0.2, 0) is 9.53 Å². The highest BCUT2D eigenvalue weighted by Crippen LogP contribution is 2.33.